The molecule has 0 unspecified atom stereocenters. The molecule has 0 spiro atoms. The largest absolute Gasteiger partial charge is 0.350 e. The minimum Gasteiger partial charge on any atom is -0.350 e. The van der Waals surface area contributed by atoms with Gasteiger partial charge in [-0.15, -0.1) is 0 Å². The van der Waals surface area contributed by atoms with Crippen molar-refractivity contribution in [2.24, 2.45) is 0 Å². The first-order valence-corrected chi connectivity index (χ1v) is 5.92. The highest BCUT2D eigenvalue weighted by Crippen LogP contribution is 2.02. The van der Waals surface area contributed by atoms with Crippen molar-refractivity contribution in [2.45, 2.75) is 46.1 Å². The molecule has 0 heterocycles. The highest BCUT2D eigenvalue weighted by atomic mass is 16.1. The number of carbonyl (C=O) groups is 1. The van der Waals surface area contributed by atoms with Gasteiger partial charge in [-0.3, -0.25) is 4.79 Å². The summed E-state index contributed by atoms with van der Waals surface area (Å²) in [4.78, 5) is 11.7. The molecule has 0 atom stereocenters. The van der Waals surface area contributed by atoms with Crippen LogP contribution in [0.1, 0.15) is 40.0 Å². The van der Waals surface area contributed by atoms with E-state index in [9.17, 15) is 4.79 Å². The summed E-state index contributed by atoms with van der Waals surface area (Å²) in [5.41, 5.74) is 0.666. The molecule has 1 N–H and O–H groups in total. The molecule has 0 aliphatic heterocycles. The molecule has 0 aromatic carbocycles. The van der Waals surface area contributed by atoms with Crippen LogP contribution in [0.25, 0.3) is 0 Å². The van der Waals surface area contributed by atoms with E-state index in [-0.39, 0.29) is 11.9 Å². The second-order valence-electron chi connectivity index (χ2n) is 4.03. The zero-order chi connectivity index (χ0) is 12.4. The molecule has 0 bridgehead atoms. The lowest BCUT2D eigenvalue weighted by Gasteiger charge is -2.08. The van der Waals surface area contributed by atoms with Crippen LogP contribution in [-0.4, -0.2) is 11.9 Å². The van der Waals surface area contributed by atoms with Crippen molar-refractivity contribution in [1.29, 1.82) is 0 Å². The molecule has 0 aliphatic carbocycles. The van der Waals surface area contributed by atoms with Crippen LogP contribution in [0.5, 0.6) is 0 Å². The Labute approximate surface area is 99.1 Å². The number of hydrogen-bond donors (Lipinski definition) is 1. The normalized spacial score (nSPS) is 12.1. The van der Waals surface area contributed by atoms with Gasteiger partial charge < -0.3 is 5.32 Å². The van der Waals surface area contributed by atoms with Crippen molar-refractivity contribution in [3.63, 3.8) is 0 Å². The Balaban J connectivity index is 4.38. The third-order valence-corrected chi connectivity index (χ3v) is 2.00. The summed E-state index contributed by atoms with van der Waals surface area (Å²) < 4.78 is 0. The van der Waals surface area contributed by atoms with Crippen LogP contribution in [-0.2, 0) is 4.79 Å². The van der Waals surface area contributed by atoms with Crippen molar-refractivity contribution < 1.29 is 4.79 Å². The van der Waals surface area contributed by atoms with Gasteiger partial charge >= 0.3 is 0 Å². The van der Waals surface area contributed by atoms with Gasteiger partial charge in [-0.25, -0.2) is 0 Å². The summed E-state index contributed by atoms with van der Waals surface area (Å²) in [6, 6.07) is 0.157. The minimum atomic E-state index is -0.0392. The molecule has 0 radical (unpaired) electrons. The van der Waals surface area contributed by atoms with Crippen molar-refractivity contribution in [3.05, 3.63) is 36.5 Å². The first-order valence-electron chi connectivity index (χ1n) is 5.92. The fourth-order valence-electron chi connectivity index (χ4n) is 1.21. The second-order valence-corrected chi connectivity index (χ2v) is 4.03. The van der Waals surface area contributed by atoms with E-state index in [1.54, 1.807) is 12.2 Å². The fourth-order valence-corrected chi connectivity index (χ4v) is 1.21. The molecule has 0 saturated heterocycles. The first-order chi connectivity index (χ1) is 7.61. The predicted molar refractivity (Wildman–Crippen MR) is 70.2 cm³/mol. The van der Waals surface area contributed by atoms with Crippen molar-refractivity contribution in [3.8, 4) is 0 Å². The Morgan fingerprint density at radius 1 is 1.44 bits per heavy atom. The molecule has 2 heteroatoms. The summed E-state index contributed by atoms with van der Waals surface area (Å²) >= 11 is 0. The van der Waals surface area contributed by atoms with Gasteiger partial charge in [0.25, 0.3) is 5.91 Å². The Morgan fingerprint density at radius 3 is 2.62 bits per heavy atom. The Bertz CT molecular complexity index is 274. The van der Waals surface area contributed by atoms with Gasteiger partial charge in [-0.2, -0.15) is 0 Å². The van der Waals surface area contributed by atoms with Crippen LogP contribution in [0.2, 0.25) is 0 Å². The quantitative estimate of drug-likeness (QED) is 0.398. The van der Waals surface area contributed by atoms with Crippen LogP contribution in [0, 0.1) is 0 Å². The van der Waals surface area contributed by atoms with Crippen LogP contribution in [0.3, 0.4) is 0 Å². The van der Waals surface area contributed by atoms with E-state index in [0.717, 1.165) is 12.8 Å². The molecule has 0 rings (SSSR count). The number of rotatable bonds is 7. The van der Waals surface area contributed by atoms with E-state index in [0.29, 0.717) is 5.57 Å². The van der Waals surface area contributed by atoms with Gasteiger partial charge in [0.15, 0.2) is 0 Å². The molecule has 1 amide bonds. The summed E-state index contributed by atoms with van der Waals surface area (Å²) in [7, 11) is 0. The highest BCUT2D eigenvalue weighted by molar-refractivity contribution is 5.96. The molecular weight excluding hydrogens is 198 g/mol. The lowest BCUT2D eigenvalue weighted by Crippen LogP contribution is -2.30. The van der Waals surface area contributed by atoms with Crippen molar-refractivity contribution >= 4 is 5.91 Å². The SMILES string of the molecule is C=C/C=C(\C=C/CCCC)C(=O)NC(C)C. The maximum atomic E-state index is 11.7. The van der Waals surface area contributed by atoms with Gasteiger partial charge in [-0.05, 0) is 20.3 Å². The van der Waals surface area contributed by atoms with Gasteiger partial charge in [0.05, 0.1) is 0 Å². The fraction of sp³-hybridized carbons (Fsp3) is 0.500. The molecule has 0 aromatic rings. The Morgan fingerprint density at radius 2 is 2.12 bits per heavy atom. The Kier molecular flexibility index (Phi) is 8.22. The predicted octanol–water partition coefficient (Wildman–Crippen LogP) is 3.37. The van der Waals surface area contributed by atoms with Crippen LogP contribution in [0.4, 0.5) is 0 Å². The molecular formula is C14H23NO. The van der Waals surface area contributed by atoms with Gasteiger partial charge in [0.1, 0.15) is 0 Å². The number of unbranched alkanes of at least 4 members (excludes halogenated alkanes) is 2. The standard InChI is InChI=1S/C14H23NO/c1-5-7-8-9-11-13(10-6-2)14(16)15-12(3)4/h6,9-12H,2,5,7-8H2,1,3-4H3,(H,15,16)/b11-9-,13-10+. The maximum Gasteiger partial charge on any atom is 0.251 e. The average molecular weight is 221 g/mol. The van der Waals surface area contributed by atoms with E-state index in [1.165, 1.54) is 6.42 Å². The number of carbonyl (C=O) groups excluding carboxylic acids is 1. The minimum absolute atomic E-state index is 0.0392. The van der Waals surface area contributed by atoms with Crippen molar-refractivity contribution in [2.75, 3.05) is 0 Å². The molecule has 0 fully saturated rings. The summed E-state index contributed by atoms with van der Waals surface area (Å²) in [5.74, 6) is -0.0392. The van der Waals surface area contributed by atoms with Crippen molar-refractivity contribution in [1.82, 2.24) is 5.32 Å². The molecule has 16 heavy (non-hydrogen) atoms. The lowest BCUT2D eigenvalue weighted by molar-refractivity contribution is -0.117. The van der Waals surface area contributed by atoms with Gasteiger partial charge in [-0.1, -0.05) is 50.6 Å². The topological polar surface area (TPSA) is 29.1 Å². The number of nitrogens with one attached hydrogen (secondary N) is 1. The number of hydrogen-bond acceptors (Lipinski definition) is 1. The van der Waals surface area contributed by atoms with E-state index in [4.69, 9.17) is 0 Å². The number of allylic oxidation sites excluding steroid dienone is 3. The van der Waals surface area contributed by atoms with E-state index < -0.39 is 0 Å². The third kappa shape index (κ3) is 7.04. The summed E-state index contributed by atoms with van der Waals surface area (Å²) in [6.45, 7) is 9.67. The Hall–Kier alpha value is -1.31. The van der Waals surface area contributed by atoms with Crippen LogP contribution < -0.4 is 5.32 Å². The molecule has 0 aromatic heterocycles. The molecule has 2 nitrogen and oxygen atoms in total. The van der Waals surface area contributed by atoms with Gasteiger partial charge in [0, 0.05) is 11.6 Å². The van der Waals surface area contributed by atoms with E-state index in [1.807, 2.05) is 26.0 Å². The lowest BCUT2D eigenvalue weighted by atomic mass is 10.1. The smallest absolute Gasteiger partial charge is 0.251 e. The van der Waals surface area contributed by atoms with Gasteiger partial charge in [0.2, 0.25) is 0 Å². The average Bonchev–Trinajstić information content (AvgIpc) is 2.21. The maximum absolute atomic E-state index is 11.7. The first kappa shape index (κ1) is 14.7. The third-order valence-electron chi connectivity index (χ3n) is 2.00. The molecule has 0 aliphatic rings. The zero-order valence-electron chi connectivity index (χ0n) is 10.6. The monoisotopic (exact) mass is 221 g/mol. The van der Waals surface area contributed by atoms with E-state index >= 15 is 0 Å². The highest BCUT2D eigenvalue weighted by Gasteiger charge is 2.05. The molecule has 0 saturated carbocycles. The van der Waals surface area contributed by atoms with Crippen LogP contribution >= 0.6 is 0 Å². The second kappa shape index (κ2) is 8.96. The molecule has 90 valence electrons. The summed E-state index contributed by atoms with van der Waals surface area (Å²) in [6.07, 6.45) is 10.6. The summed E-state index contributed by atoms with van der Waals surface area (Å²) in [5, 5.41) is 2.86. The van der Waals surface area contributed by atoms with E-state index in [2.05, 4.69) is 18.8 Å². The number of amides is 1. The van der Waals surface area contributed by atoms with Crippen LogP contribution in [0.15, 0.2) is 36.5 Å². The zero-order valence-corrected chi connectivity index (χ0v) is 10.6.